The molecule has 3 rings (SSSR count). The lowest BCUT2D eigenvalue weighted by Crippen LogP contribution is -2.42. The quantitative estimate of drug-likeness (QED) is 0.829. The third-order valence-electron chi connectivity index (χ3n) is 3.90. The van der Waals surface area contributed by atoms with Crippen molar-refractivity contribution >= 4 is 23.0 Å². The van der Waals surface area contributed by atoms with Crippen molar-refractivity contribution in [1.29, 1.82) is 0 Å². The Balaban J connectivity index is 1.80. The summed E-state index contributed by atoms with van der Waals surface area (Å²) in [5, 5.41) is 7.10. The van der Waals surface area contributed by atoms with Crippen molar-refractivity contribution < 1.29 is 9.47 Å². The van der Waals surface area contributed by atoms with Gasteiger partial charge in [-0.15, -0.1) is 0 Å². The summed E-state index contributed by atoms with van der Waals surface area (Å²) in [6, 6.07) is 9.67. The second-order valence-electron chi connectivity index (χ2n) is 6.36. The van der Waals surface area contributed by atoms with Gasteiger partial charge in [0.25, 0.3) is 0 Å². The van der Waals surface area contributed by atoms with Crippen LogP contribution >= 0.6 is 12.2 Å². The average Bonchev–Trinajstić information content (AvgIpc) is 2.54. The first-order chi connectivity index (χ1) is 11.5. The molecule has 0 spiro atoms. The molecule has 2 heterocycles. The number of aromatic nitrogens is 1. The number of methoxy groups -OCH3 is 1. The van der Waals surface area contributed by atoms with Crippen LogP contribution in [0.1, 0.15) is 31.9 Å². The molecule has 5 nitrogen and oxygen atoms in total. The number of ether oxygens (including phenoxy) is 2. The molecule has 1 aromatic heterocycles. The zero-order valence-electron chi connectivity index (χ0n) is 14.0. The summed E-state index contributed by atoms with van der Waals surface area (Å²) >= 11 is 5.46. The fraction of sp³-hybridized carbons (Fsp3) is 0.333. The molecule has 1 aliphatic heterocycles. The smallest absolute Gasteiger partial charge is 0.171 e. The average molecular weight is 343 g/mol. The van der Waals surface area contributed by atoms with Gasteiger partial charge in [-0.2, -0.15) is 0 Å². The zero-order valence-corrected chi connectivity index (χ0v) is 14.8. The van der Waals surface area contributed by atoms with Crippen molar-refractivity contribution in [1.82, 2.24) is 10.3 Å². The minimum atomic E-state index is -0.275. The molecule has 2 aromatic rings. The fourth-order valence-corrected chi connectivity index (χ4v) is 3.11. The van der Waals surface area contributed by atoms with Crippen LogP contribution in [0.2, 0.25) is 0 Å². The maximum Gasteiger partial charge on any atom is 0.171 e. The Morgan fingerprint density at radius 1 is 1.38 bits per heavy atom. The van der Waals surface area contributed by atoms with Crippen molar-refractivity contribution in [2.75, 3.05) is 12.4 Å². The number of hydrogen-bond donors (Lipinski definition) is 2. The molecule has 0 aliphatic carbocycles. The van der Waals surface area contributed by atoms with Crippen molar-refractivity contribution in [3.8, 4) is 11.5 Å². The third-order valence-corrected chi connectivity index (χ3v) is 4.12. The van der Waals surface area contributed by atoms with E-state index < -0.39 is 0 Å². The molecule has 24 heavy (non-hydrogen) atoms. The van der Waals surface area contributed by atoms with Gasteiger partial charge < -0.3 is 20.1 Å². The summed E-state index contributed by atoms with van der Waals surface area (Å²) in [4.78, 5) is 4.08. The summed E-state index contributed by atoms with van der Waals surface area (Å²) < 4.78 is 11.4. The van der Waals surface area contributed by atoms with Gasteiger partial charge >= 0.3 is 0 Å². The highest BCUT2D eigenvalue weighted by Gasteiger charge is 2.34. The standard InChI is InChI=1S/C18H21N3O2S/c1-18(2)10-15(14-9-13(22-3)6-7-16(14)23-18)21-17(24)20-12-5-4-8-19-11-12/h4-9,11,15H,10H2,1-3H3,(H2,20,21,24)/t15-/m0/s1. The van der Waals surface area contributed by atoms with E-state index in [9.17, 15) is 0 Å². The molecule has 6 heteroatoms. The Morgan fingerprint density at radius 2 is 2.21 bits per heavy atom. The Hall–Kier alpha value is -2.34. The number of fused-ring (bicyclic) bond motifs is 1. The van der Waals surface area contributed by atoms with Crippen molar-refractivity contribution in [2.24, 2.45) is 0 Å². The van der Waals surface area contributed by atoms with Crippen LogP contribution in [0.5, 0.6) is 11.5 Å². The van der Waals surface area contributed by atoms with Crippen LogP contribution in [0.25, 0.3) is 0 Å². The van der Waals surface area contributed by atoms with Gasteiger partial charge in [-0.3, -0.25) is 4.98 Å². The van der Waals surface area contributed by atoms with E-state index in [1.807, 2.05) is 30.3 Å². The monoisotopic (exact) mass is 343 g/mol. The normalized spacial score (nSPS) is 18.0. The zero-order chi connectivity index (χ0) is 17.2. The van der Waals surface area contributed by atoms with E-state index in [0.29, 0.717) is 5.11 Å². The topological polar surface area (TPSA) is 55.4 Å². The van der Waals surface area contributed by atoms with E-state index in [2.05, 4.69) is 29.5 Å². The van der Waals surface area contributed by atoms with E-state index in [1.54, 1.807) is 19.5 Å². The van der Waals surface area contributed by atoms with Crippen LogP contribution in [0.4, 0.5) is 5.69 Å². The highest BCUT2D eigenvalue weighted by molar-refractivity contribution is 7.80. The summed E-state index contributed by atoms with van der Waals surface area (Å²) in [5.41, 5.74) is 1.62. The molecular formula is C18H21N3O2S. The Kier molecular flexibility index (Phi) is 4.57. The largest absolute Gasteiger partial charge is 0.497 e. The molecule has 0 radical (unpaired) electrons. The van der Waals surface area contributed by atoms with Crippen LogP contribution in [0.15, 0.2) is 42.7 Å². The van der Waals surface area contributed by atoms with E-state index in [4.69, 9.17) is 21.7 Å². The maximum atomic E-state index is 6.08. The Morgan fingerprint density at radius 3 is 2.92 bits per heavy atom. The van der Waals surface area contributed by atoms with Crippen LogP contribution in [-0.4, -0.2) is 22.8 Å². The van der Waals surface area contributed by atoms with Gasteiger partial charge in [-0.25, -0.2) is 0 Å². The number of nitrogens with one attached hydrogen (secondary N) is 2. The SMILES string of the molecule is COc1ccc2c(c1)[C@@H](NC(=S)Nc1cccnc1)CC(C)(C)O2. The molecule has 0 unspecified atom stereocenters. The summed E-state index contributed by atoms with van der Waals surface area (Å²) in [5.74, 6) is 1.66. The predicted octanol–water partition coefficient (Wildman–Crippen LogP) is 3.68. The number of nitrogens with zero attached hydrogens (tertiary/aromatic N) is 1. The summed E-state index contributed by atoms with van der Waals surface area (Å²) in [7, 11) is 1.66. The van der Waals surface area contributed by atoms with Crippen LogP contribution in [-0.2, 0) is 0 Å². The van der Waals surface area contributed by atoms with Gasteiger partial charge in [-0.05, 0) is 56.4 Å². The highest BCUT2D eigenvalue weighted by atomic mass is 32.1. The molecule has 1 aliphatic rings. The molecule has 0 saturated heterocycles. The molecule has 0 fully saturated rings. The number of hydrogen-bond acceptors (Lipinski definition) is 4. The summed E-state index contributed by atoms with van der Waals surface area (Å²) in [6.07, 6.45) is 4.26. The fourth-order valence-electron chi connectivity index (χ4n) is 2.85. The van der Waals surface area contributed by atoms with E-state index in [0.717, 1.165) is 29.2 Å². The molecule has 1 aromatic carbocycles. The van der Waals surface area contributed by atoms with Crippen LogP contribution < -0.4 is 20.1 Å². The predicted molar refractivity (Wildman–Crippen MR) is 98.7 cm³/mol. The van der Waals surface area contributed by atoms with Gasteiger partial charge in [0.15, 0.2) is 5.11 Å². The Bertz CT molecular complexity index is 734. The number of pyridine rings is 1. The molecule has 0 bridgehead atoms. The number of benzene rings is 1. The van der Waals surface area contributed by atoms with E-state index in [1.165, 1.54) is 0 Å². The van der Waals surface area contributed by atoms with Gasteiger partial charge in [0, 0.05) is 18.2 Å². The first kappa shape index (κ1) is 16.5. The number of rotatable bonds is 3. The highest BCUT2D eigenvalue weighted by Crippen LogP contribution is 2.41. The minimum absolute atomic E-state index is 0.0375. The second kappa shape index (κ2) is 6.65. The molecule has 0 amide bonds. The second-order valence-corrected chi connectivity index (χ2v) is 6.77. The van der Waals surface area contributed by atoms with Gasteiger partial charge in [0.2, 0.25) is 0 Å². The lowest BCUT2D eigenvalue weighted by molar-refractivity contribution is 0.0695. The lowest BCUT2D eigenvalue weighted by Gasteiger charge is -2.38. The molecule has 126 valence electrons. The van der Waals surface area contributed by atoms with Gasteiger partial charge in [-0.1, -0.05) is 0 Å². The third kappa shape index (κ3) is 3.76. The summed E-state index contributed by atoms with van der Waals surface area (Å²) in [6.45, 7) is 4.15. The van der Waals surface area contributed by atoms with Crippen molar-refractivity contribution in [3.63, 3.8) is 0 Å². The molecule has 0 saturated carbocycles. The van der Waals surface area contributed by atoms with Crippen molar-refractivity contribution in [2.45, 2.75) is 31.9 Å². The van der Waals surface area contributed by atoms with Gasteiger partial charge in [0.05, 0.1) is 25.0 Å². The number of thiocarbonyl (C=S) groups is 1. The van der Waals surface area contributed by atoms with Gasteiger partial charge in [0.1, 0.15) is 17.1 Å². The first-order valence-corrected chi connectivity index (χ1v) is 8.22. The van der Waals surface area contributed by atoms with Crippen LogP contribution in [0.3, 0.4) is 0 Å². The molecule has 1 atom stereocenters. The van der Waals surface area contributed by atoms with E-state index >= 15 is 0 Å². The molecular weight excluding hydrogens is 322 g/mol. The van der Waals surface area contributed by atoms with Crippen molar-refractivity contribution in [3.05, 3.63) is 48.3 Å². The van der Waals surface area contributed by atoms with Crippen LogP contribution in [0, 0.1) is 0 Å². The maximum absolute atomic E-state index is 6.08. The molecule has 2 N–H and O–H groups in total. The number of anilines is 1. The minimum Gasteiger partial charge on any atom is -0.497 e. The first-order valence-electron chi connectivity index (χ1n) is 7.81. The Labute approximate surface area is 147 Å². The van der Waals surface area contributed by atoms with E-state index in [-0.39, 0.29) is 11.6 Å². The lowest BCUT2D eigenvalue weighted by atomic mass is 9.89.